The van der Waals surface area contributed by atoms with Gasteiger partial charge in [0.05, 0.1) is 12.8 Å². The lowest BCUT2D eigenvalue weighted by atomic mass is 10.2. The number of aliphatic hydroxyl groups is 1. The molecule has 2 rings (SSSR count). The molecule has 0 unspecified atom stereocenters. The first-order valence-corrected chi connectivity index (χ1v) is 5.73. The Morgan fingerprint density at radius 1 is 1.21 bits per heavy atom. The Bertz CT molecular complexity index is 565. The SMILES string of the molecule is O=C(N/N=C/c1ccc(CO)cc1)c1ccncc1. The molecule has 96 valence electrons. The van der Waals surface area contributed by atoms with E-state index in [1.165, 1.54) is 0 Å². The number of aliphatic hydroxyl groups excluding tert-OH is 1. The molecule has 0 aliphatic rings. The fraction of sp³-hybridized carbons (Fsp3) is 0.0714. The minimum absolute atomic E-state index is 0.0101. The first-order valence-electron chi connectivity index (χ1n) is 5.73. The van der Waals surface area contributed by atoms with Crippen molar-refractivity contribution in [2.45, 2.75) is 6.61 Å². The molecule has 0 fully saturated rings. The zero-order chi connectivity index (χ0) is 13.5. The van der Waals surface area contributed by atoms with E-state index < -0.39 is 0 Å². The van der Waals surface area contributed by atoms with Crippen LogP contribution in [0.2, 0.25) is 0 Å². The van der Waals surface area contributed by atoms with Crippen LogP contribution in [-0.2, 0) is 6.61 Å². The molecule has 0 saturated carbocycles. The standard InChI is InChI=1S/C14H13N3O2/c18-10-12-3-1-11(2-4-12)9-16-17-14(19)13-5-7-15-8-6-13/h1-9,18H,10H2,(H,17,19)/b16-9+. The van der Waals surface area contributed by atoms with Crippen molar-refractivity contribution in [3.8, 4) is 0 Å². The van der Waals surface area contributed by atoms with Gasteiger partial charge in [0.25, 0.3) is 5.91 Å². The molecule has 0 radical (unpaired) electrons. The molecule has 0 atom stereocenters. The Kier molecular flexibility index (Phi) is 4.36. The maximum absolute atomic E-state index is 11.6. The van der Waals surface area contributed by atoms with Gasteiger partial charge in [-0.05, 0) is 23.3 Å². The molecular formula is C14H13N3O2. The number of carbonyl (C=O) groups excluding carboxylic acids is 1. The predicted octanol–water partition coefficient (Wildman–Crippen LogP) is 1.34. The number of amides is 1. The van der Waals surface area contributed by atoms with Crippen molar-refractivity contribution in [3.05, 3.63) is 65.5 Å². The maximum Gasteiger partial charge on any atom is 0.271 e. The van der Waals surface area contributed by atoms with Crippen LogP contribution in [0.1, 0.15) is 21.5 Å². The van der Waals surface area contributed by atoms with E-state index in [1.54, 1.807) is 42.9 Å². The molecule has 5 nitrogen and oxygen atoms in total. The van der Waals surface area contributed by atoms with Crippen molar-refractivity contribution in [1.82, 2.24) is 10.4 Å². The van der Waals surface area contributed by atoms with Gasteiger partial charge in [0.15, 0.2) is 0 Å². The van der Waals surface area contributed by atoms with E-state index in [0.29, 0.717) is 5.56 Å². The van der Waals surface area contributed by atoms with Gasteiger partial charge >= 0.3 is 0 Å². The molecule has 0 saturated heterocycles. The van der Waals surface area contributed by atoms with Gasteiger partial charge in [-0.3, -0.25) is 9.78 Å². The second kappa shape index (κ2) is 6.42. The number of nitrogens with zero attached hydrogens (tertiary/aromatic N) is 2. The minimum Gasteiger partial charge on any atom is -0.392 e. The van der Waals surface area contributed by atoms with E-state index in [0.717, 1.165) is 11.1 Å². The molecule has 1 aromatic heterocycles. The lowest BCUT2D eigenvalue weighted by Crippen LogP contribution is -2.17. The van der Waals surface area contributed by atoms with Gasteiger partial charge in [-0.15, -0.1) is 0 Å². The van der Waals surface area contributed by atoms with E-state index >= 15 is 0 Å². The highest BCUT2D eigenvalue weighted by Crippen LogP contribution is 2.02. The molecule has 19 heavy (non-hydrogen) atoms. The van der Waals surface area contributed by atoms with Crippen LogP contribution < -0.4 is 5.43 Å². The van der Waals surface area contributed by atoms with E-state index in [4.69, 9.17) is 5.11 Å². The molecule has 2 N–H and O–H groups in total. The number of pyridine rings is 1. The summed E-state index contributed by atoms with van der Waals surface area (Å²) < 4.78 is 0. The highest BCUT2D eigenvalue weighted by Gasteiger charge is 2.01. The van der Waals surface area contributed by atoms with E-state index in [2.05, 4.69) is 15.5 Å². The zero-order valence-corrected chi connectivity index (χ0v) is 10.2. The second-order valence-electron chi connectivity index (χ2n) is 3.83. The molecule has 2 aromatic rings. The summed E-state index contributed by atoms with van der Waals surface area (Å²) in [4.78, 5) is 15.5. The Hall–Kier alpha value is -2.53. The molecule has 1 aromatic carbocycles. The minimum atomic E-state index is -0.286. The van der Waals surface area contributed by atoms with Crippen LogP contribution in [0.4, 0.5) is 0 Å². The van der Waals surface area contributed by atoms with Crippen LogP contribution in [0.15, 0.2) is 53.9 Å². The zero-order valence-electron chi connectivity index (χ0n) is 10.2. The number of carbonyl (C=O) groups is 1. The molecule has 1 heterocycles. The quantitative estimate of drug-likeness (QED) is 0.639. The van der Waals surface area contributed by atoms with E-state index in [1.807, 2.05) is 12.1 Å². The summed E-state index contributed by atoms with van der Waals surface area (Å²) in [7, 11) is 0. The average molecular weight is 255 g/mol. The number of aromatic nitrogens is 1. The maximum atomic E-state index is 11.6. The van der Waals surface area contributed by atoms with Crippen molar-refractivity contribution >= 4 is 12.1 Å². The molecular weight excluding hydrogens is 242 g/mol. The number of hydrogen-bond donors (Lipinski definition) is 2. The van der Waals surface area contributed by atoms with Gasteiger partial charge in [-0.2, -0.15) is 5.10 Å². The summed E-state index contributed by atoms with van der Waals surface area (Å²) in [6.45, 7) is 0.0101. The van der Waals surface area contributed by atoms with Crippen molar-refractivity contribution in [1.29, 1.82) is 0 Å². The first kappa shape index (κ1) is 12.9. The first-order chi connectivity index (χ1) is 9.29. The van der Waals surface area contributed by atoms with Crippen molar-refractivity contribution in [2.75, 3.05) is 0 Å². The lowest BCUT2D eigenvalue weighted by molar-refractivity contribution is 0.0955. The van der Waals surface area contributed by atoms with Crippen LogP contribution in [0.25, 0.3) is 0 Å². The fourth-order valence-electron chi connectivity index (χ4n) is 1.44. The highest BCUT2D eigenvalue weighted by atomic mass is 16.3. The number of rotatable bonds is 4. The summed E-state index contributed by atoms with van der Waals surface area (Å²) in [6, 6.07) is 10.4. The fourth-order valence-corrected chi connectivity index (χ4v) is 1.44. The van der Waals surface area contributed by atoms with Crippen molar-refractivity contribution in [3.63, 3.8) is 0 Å². The molecule has 0 aliphatic carbocycles. The van der Waals surface area contributed by atoms with Gasteiger partial charge in [0.2, 0.25) is 0 Å². The van der Waals surface area contributed by atoms with Gasteiger partial charge in [-0.25, -0.2) is 5.43 Å². The monoisotopic (exact) mass is 255 g/mol. The van der Waals surface area contributed by atoms with Gasteiger partial charge in [-0.1, -0.05) is 24.3 Å². The van der Waals surface area contributed by atoms with Crippen LogP contribution in [-0.4, -0.2) is 22.2 Å². The summed E-state index contributed by atoms with van der Waals surface area (Å²) in [5, 5.41) is 12.8. The highest BCUT2D eigenvalue weighted by molar-refractivity contribution is 5.94. The van der Waals surface area contributed by atoms with Crippen LogP contribution >= 0.6 is 0 Å². The predicted molar refractivity (Wildman–Crippen MR) is 71.7 cm³/mol. The van der Waals surface area contributed by atoms with Gasteiger partial charge < -0.3 is 5.11 Å². The summed E-state index contributed by atoms with van der Waals surface area (Å²) >= 11 is 0. The number of hydrogen-bond acceptors (Lipinski definition) is 4. The molecule has 1 amide bonds. The second-order valence-corrected chi connectivity index (χ2v) is 3.83. The number of benzene rings is 1. The summed E-state index contributed by atoms with van der Waals surface area (Å²) in [5.41, 5.74) is 4.60. The average Bonchev–Trinajstić information content (AvgIpc) is 2.49. The van der Waals surface area contributed by atoms with Crippen LogP contribution in [0.3, 0.4) is 0 Å². The Balaban J connectivity index is 1.94. The van der Waals surface area contributed by atoms with E-state index in [-0.39, 0.29) is 12.5 Å². The van der Waals surface area contributed by atoms with Gasteiger partial charge in [0.1, 0.15) is 0 Å². The summed E-state index contributed by atoms with van der Waals surface area (Å²) in [6.07, 6.45) is 4.64. The Labute approximate surface area is 110 Å². The number of hydrazone groups is 1. The van der Waals surface area contributed by atoms with Crippen molar-refractivity contribution < 1.29 is 9.90 Å². The molecule has 0 spiro atoms. The Morgan fingerprint density at radius 3 is 2.53 bits per heavy atom. The third kappa shape index (κ3) is 3.72. The van der Waals surface area contributed by atoms with Crippen LogP contribution in [0.5, 0.6) is 0 Å². The van der Waals surface area contributed by atoms with Crippen molar-refractivity contribution in [2.24, 2.45) is 5.10 Å². The molecule has 5 heteroatoms. The van der Waals surface area contributed by atoms with Crippen LogP contribution in [0, 0.1) is 0 Å². The van der Waals surface area contributed by atoms with E-state index in [9.17, 15) is 4.79 Å². The Morgan fingerprint density at radius 2 is 1.89 bits per heavy atom. The van der Waals surface area contributed by atoms with Gasteiger partial charge in [0, 0.05) is 18.0 Å². The normalized spacial score (nSPS) is 10.6. The number of nitrogens with one attached hydrogen (secondary N) is 1. The smallest absolute Gasteiger partial charge is 0.271 e. The molecule has 0 aliphatic heterocycles. The lowest BCUT2D eigenvalue weighted by Gasteiger charge is -1.99. The molecule has 0 bridgehead atoms. The third-order valence-corrected chi connectivity index (χ3v) is 2.48. The third-order valence-electron chi connectivity index (χ3n) is 2.48. The topological polar surface area (TPSA) is 74.6 Å². The summed E-state index contributed by atoms with van der Waals surface area (Å²) in [5.74, 6) is -0.286. The largest absolute Gasteiger partial charge is 0.392 e.